The highest BCUT2D eigenvalue weighted by Gasteiger charge is 2.38. The Hall–Kier alpha value is -2.56. The third-order valence-corrected chi connectivity index (χ3v) is 8.49. The van der Waals surface area contributed by atoms with Gasteiger partial charge in [-0.1, -0.05) is 84.4 Å². The highest BCUT2D eigenvalue weighted by molar-refractivity contribution is 5.92. The van der Waals surface area contributed by atoms with Crippen LogP contribution in [0.5, 0.6) is 0 Å². The molecular formula is C35H56O9. The number of methoxy groups -OCH3 is 2. The molecule has 1 aliphatic heterocycles. The van der Waals surface area contributed by atoms with Crippen molar-refractivity contribution in [2.24, 2.45) is 35.5 Å². The molecule has 0 aromatic heterocycles. The number of ether oxygens (including phenoxy) is 3. The van der Waals surface area contributed by atoms with Crippen molar-refractivity contribution in [3.63, 3.8) is 0 Å². The van der Waals surface area contributed by atoms with Gasteiger partial charge in [-0.05, 0) is 42.9 Å². The SMILES string of the molecule is COC1=CC(C)=C[C@@H](C)[C@H](O)[C@@H](C)CC(CO)=CC=C[C@H](OC)[C@@H]([C@@H](C)C(O)[C@H](C)C(=O)/C=C/[C@H](C)[C@H](O)C(C)C)OC1=O. The van der Waals surface area contributed by atoms with Crippen LogP contribution in [0.1, 0.15) is 61.8 Å². The van der Waals surface area contributed by atoms with Crippen LogP contribution in [-0.4, -0.2) is 83.5 Å². The van der Waals surface area contributed by atoms with E-state index in [4.69, 9.17) is 14.2 Å². The van der Waals surface area contributed by atoms with Gasteiger partial charge >= 0.3 is 5.97 Å². The van der Waals surface area contributed by atoms with Gasteiger partial charge < -0.3 is 34.6 Å². The predicted molar refractivity (Wildman–Crippen MR) is 171 cm³/mol. The maximum absolute atomic E-state index is 13.4. The van der Waals surface area contributed by atoms with Crippen molar-refractivity contribution in [1.29, 1.82) is 0 Å². The largest absolute Gasteiger partial charge is 0.490 e. The van der Waals surface area contributed by atoms with Gasteiger partial charge in [-0.25, -0.2) is 4.79 Å². The fraction of sp³-hybridized carbons (Fsp3) is 0.657. The molecule has 1 aliphatic rings. The van der Waals surface area contributed by atoms with E-state index >= 15 is 0 Å². The molecule has 0 radical (unpaired) electrons. The second kappa shape index (κ2) is 19.1. The van der Waals surface area contributed by atoms with Crippen molar-refractivity contribution in [1.82, 2.24) is 0 Å². The smallest absolute Gasteiger partial charge is 0.373 e. The number of rotatable bonds is 11. The van der Waals surface area contributed by atoms with Crippen molar-refractivity contribution in [2.75, 3.05) is 20.8 Å². The molecule has 9 heteroatoms. The number of aliphatic hydroxyl groups is 4. The molecule has 0 aliphatic carbocycles. The van der Waals surface area contributed by atoms with Crippen LogP contribution in [0.25, 0.3) is 0 Å². The lowest BCUT2D eigenvalue weighted by Gasteiger charge is -2.33. The highest BCUT2D eigenvalue weighted by Crippen LogP contribution is 2.27. The molecule has 1 unspecified atom stereocenters. The summed E-state index contributed by atoms with van der Waals surface area (Å²) < 4.78 is 17.0. The molecule has 0 bridgehead atoms. The number of carbonyl (C=O) groups excluding carboxylic acids is 2. The van der Waals surface area contributed by atoms with Gasteiger partial charge in [-0.2, -0.15) is 0 Å². The normalized spacial score (nSPS) is 27.9. The molecule has 9 nitrogen and oxygen atoms in total. The van der Waals surface area contributed by atoms with Gasteiger partial charge in [0, 0.05) is 30.8 Å². The molecule has 0 amide bonds. The van der Waals surface area contributed by atoms with Crippen molar-refractivity contribution in [3.8, 4) is 0 Å². The molecule has 10 atom stereocenters. The number of aliphatic hydroxyl groups excluding tert-OH is 4. The minimum atomic E-state index is -1.21. The average molecular weight is 621 g/mol. The van der Waals surface area contributed by atoms with Gasteiger partial charge in [-0.15, -0.1) is 0 Å². The highest BCUT2D eigenvalue weighted by atomic mass is 16.6. The van der Waals surface area contributed by atoms with Gasteiger partial charge in [0.25, 0.3) is 0 Å². The van der Waals surface area contributed by atoms with Crippen LogP contribution in [-0.2, 0) is 23.8 Å². The van der Waals surface area contributed by atoms with E-state index < -0.39 is 48.3 Å². The Kier molecular flexibility index (Phi) is 17.1. The van der Waals surface area contributed by atoms with E-state index in [1.54, 1.807) is 45.1 Å². The summed E-state index contributed by atoms with van der Waals surface area (Å²) in [6.07, 6.45) is 7.57. The summed E-state index contributed by atoms with van der Waals surface area (Å²) in [6, 6.07) is 0. The van der Waals surface area contributed by atoms with E-state index in [-0.39, 0.29) is 41.8 Å². The van der Waals surface area contributed by atoms with Crippen LogP contribution < -0.4 is 0 Å². The molecular weight excluding hydrogens is 564 g/mol. The lowest BCUT2D eigenvalue weighted by atomic mass is 9.84. The van der Waals surface area contributed by atoms with E-state index in [9.17, 15) is 30.0 Å². The Bertz CT molecular complexity index is 1070. The maximum Gasteiger partial charge on any atom is 0.373 e. The second-order valence-electron chi connectivity index (χ2n) is 12.6. The molecule has 0 aromatic carbocycles. The maximum atomic E-state index is 13.4. The lowest BCUT2D eigenvalue weighted by molar-refractivity contribution is -0.162. The average Bonchev–Trinajstić information content (AvgIpc) is 2.99. The first-order valence-corrected chi connectivity index (χ1v) is 15.5. The van der Waals surface area contributed by atoms with Crippen molar-refractivity contribution in [3.05, 3.63) is 59.4 Å². The third kappa shape index (κ3) is 11.7. The number of allylic oxidation sites excluding steroid dienone is 5. The second-order valence-corrected chi connectivity index (χ2v) is 12.6. The first-order valence-electron chi connectivity index (χ1n) is 15.5. The van der Waals surface area contributed by atoms with Crippen molar-refractivity contribution >= 4 is 11.8 Å². The number of ketones is 1. The van der Waals surface area contributed by atoms with Gasteiger partial charge in [0.1, 0.15) is 12.2 Å². The van der Waals surface area contributed by atoms with Crippen LogP contribution in [0.4, 0.5) is 0 Å². The Morgan fingerprint density at radius 1 is 1.11 bits per heavy atom. The summed E-state index contributed by atoms with van der Waals surface area (Å²) in [5, 5.41) is 42.5. The topological polar surface area (TPSA) is 143 Å². The predicted octanol–water partition coefficient (Wildman–Crippen LogP) is 4.31. The molecule has 0 spiro atoms. The van der Waals surface area contributed by atoms with Gasteiger partial charge in [0.2, 0.25) is 5.76 Å². The number of carbonyl (C=O) groups is 2. The first kappa shape index (κ1) is 39.5. The monoisotopic (exact) mass is 620 g/mol. The van der Waals surface area contributed by atoms with Crippen LogP contribution in [0.15, 0.2) is 59.4 Å². The summed E-state index contributed by atoms with van der Waals surface area (Å²) in [5.41, 5.74) is 1.38. The zero-order chi connectivity index (χ0) is 33.7. The molecule has 0 saturated heterocycles. The van der Waals surface area contributed by atoms with Crippen LogP contribution in [0.3, 0.4) is 0 Å². The number of esters is 1. The Morgan fingerprint density at radius 3 is 2.30 bits per heavy atom. The number of cyclic esters (lactones) is 1. The van der Waals surface area contributed by atoms with Crippen LogP contribution >= 0.6 is 0 Å². The van der Waals surface area contributed by atoms with Crippen LogP contribution in [0.2, 0.25) is 0 Å². The van der Waals surface area contributed by atoms with E-state index in [1.807, 2.05) is 40.7 Å². The molecule has 4 N–H and O–H groups in total. The molecule has 0 saturated carbocycles. The third-order valence-electron chi connectivity index (χ3n) is 8.49. The summed E-state index contributed by atoms with van der Waals surface area (Å²) in [5.74, 6) is -3.41. The molecule has 1 heterocycles. The van der Waals surface area contributed by atoms with Gasteiger partial charge in [-0.3, -0.25) is 4.79 Å². The molecule has 0 fully saturated rings. The summed E-state index contributed by atoms with van der Waals surface area (Å²) in [4.78, 5) is 26.4. The molecule has 0 aromatic rings. The molecule has 250 valence electrons. The first-order chi connectivity index (χ1) is 20.6. The zero-order valence-electron chi connectivity index (χ0n) is 28.1. The minimum Gasteiger partial charge on any atom is -0.490 e. The van der Waals surface area contributed by atoms with E-state index in [1.165, 1.54) is 26.4 Å². The minimum absolute atomic E-state index is 0.0251. The standard InChI is InChI=1S/C35H56O9/c1-20(2)31(38)22(4)14-15-28(37)25(7)33(40)26(8)34-29(42-9)13-11-12-27(19-36)18-24(6)32(39)23(5)16-21(3)17-30(43-10)35(41)44-34/h11-17,20,22-26,29,31-34,36,38-40H,18-19H2,1-10H3/b13-11?,15-14+,21-16?,27-12?,30-17?/t22-,23+,24-,25+,26-,29-,31+,32-,33?,34+/m0/s1. The van der Waals surface area contributed by atoms with Crippen molar-refractivity contribution in [2.45, 2.75) is 92.3 Å². The fourth-order valence-corrected chi connectivity index (χ4v) is 5.42. The zero-order valence-corrected chi connectivity index (χ0v) is 28.1. The van der Waals surface area contributed by atoms with Gasteiger partial charge in [0.15, 0.2) is 5.78 Å². The summed E-state index contributed by atoms with van der Waals surface area (Å²) in [6.45, 7) is 14.3. The van der Waals surface area contributed by atoms with Crippen LogP contribution in [0, 0.1) is 35.5 Å². The number of hydrogen-bond donors (Lipinski definition) is 4. The lowest BCUT2D eigenvalue weighted by Crippen LogP contribution is -2.45. The fourth-order valence-electron chi connectivity index (χ4n) is 5.42. The Balaban J connectivity index is 3.51. The Morgan fingerprint density at radius 2 is 1.75 bits per heavy atom. The van der Waals surface area contributed by atoms with E-state index in [0.717, 1.165) is 0 Å². The summed E-state index contributed by atoms with van der Waals surface area (Å²) in [7, 11) is 2.80. The van der Waals surface area contributed by atoms with Gasteiger partial charge in [0.05, 0.1) is 32.0 Å². The number of hydrogen-bond acceptors (Lipinski definition) is 9. The Labute approximate surface area is 264 Å². The van der Waals surface area contributed by atoms with Crippen molar-refractivity contribution < 1.29 is 44.2 Å². The molecule has 1 rings (SSSR count). The van der Waals surface area contributed by atoms with E-state index in [2.05, 4.69) is 0 Å². The van der Waals surface area contributed by atoms with E-state index in [0.29, 0.717) is 17.6 Å². The quantitative estimate of drug-likeness (QED) is 0.196. The summed E-state index contributed by atoms with van der Waals surface area (Å²) >= 11 is 0. The molecule has 44 heavy (non-hydrogen) atoms.